The van der Waals surface area contributed by atoms with Crippen LogP contribution in [-0.4, -0.2) is 48.7 Å². The Kier molecular flexibility index (Phi) is 6.63. The van der Waals surface area contributed by atoms with Crippen LogP contribution in [0.15, 0.2) is 23.8 Å². The van der Waals surface area contributed by atoms with Crippen LogP contribution < -0.4 is 20.3 Å². The molecule has 1 amide bonds. The van der Waals surface area contributed by atoms with Gasteiger partial charge in [-0.3, -0.25) is 4.79 Å². The molecule has 1 saturated carbocycles. The molecule has 3 aliphatic rings. The summed E-state index contributed by atoms with van der Waals surface area (Å²) in [5, 5.41) is 7.40. The molecule has 1 aromatic carbocycles. The fourth-order valence-electron chi connectivity index (χ4n) is 5.13. The monoisotopic (exact) mass is 481 g/mol. The second-order valence-electron chi connectivity index (χ2n) is 9.70. The Balaban J connectivity index is 1.17. The van der Waals surface area contributed by atoms with Crippen LogP contribution in [0.3, 0.4) is 0 Å². The Morgan fingerprint density at radius 3 is 2.65 bits per heavy atom. The third-order valence-electron chi connectivity index (χ3n) is 6.96. The summed E-state index contributed by atoms with van der Waals surface area (Å²) in [5.41, 5.74) is 3.98. The first-order chi connectivity index (χ1) is 16.5. The summed E-state index contributed by atoms with van der Waals surface area (Å²) >= 11 is 6.09. The van der Waals surface area contributed by atoms with Crippen molar-refractivity contribution in [3.05, 3.63) is 45.6 Å². The molecule has 2 N–H and O–H groups in total. The highest BCUT2D eigenvalue weighted by Gasteiger charge is 2.26. The van der Waals surface area contributed by atoms with E-state index < -0.39 is 0 Å². The highest BCUT2D eigenvalue weighted by molar-refractivity contribution is 6.30. The number of ether oxygens (including phenoxy) is 1. The number of rotatable bonds is 5. The van der Waals surface area contributed by atoms with Crippen LogP contribution in [0.5, 0.6) is 5.75 Å². The molecule has 2 aliphatic carbocycles. The molecule has 0 radical (unpaired) electrons. The lowest BCUT2D eigenvalue weighted by Crippen LogP contribution is -2.41. The first-order valence-electron chi connectivity index (χ1n) is 12.2. The second kappa shape index (κ2) is 9.82. The van der Waals surface area contributed by atoms with Crippen LogP contribution in [0.25, 0.3) is 6.08 Å². The molecule has 2 aromatic rings. The van der Waals surface area contributed by atoms with Gasteiger partial charge in [0.1, 0.15) is 18.2 Å². The van der Waals surface area contributed by atoms with Gasteiger partial charge in [0.25, 0.3) is 5.91 Å². The van der Waals surface area contributed by atoms with E-state index in [9.17, 15) is 4.79 Å². The van der Waals surface area contributed by atoms with Crippen molar-refractivity contribution in [2.45, 2.75) is 63.5 Å². The molecule has 2 heterocycles. The van der Waals surface area contributed by atoms with Crippen molar-refractivity contribution in [1.29, 1.82) is 0 Å². The molecule has 34 heavy (non-hydrogen) atoms. The van der Waals surface area contributed by atoms with Crippen molar-refractivity contribution in [1.82, 2.24) is 15.3 Å². The molecule has 0 saturated heterocycles. The van der Waals surface area contributed by atoms with Gasteiger partial charge in [-0.15, -0.1) is 0 Å². The summed E-state index contributed by atoms with van der Waals surface area (Å²) in [7, 11) is 4.10. The lowest BCUT2D eigenvalue weighted by molar-refractivity contribution is -0.118. The number of anilines is 2. The molecule has 1 aromatic heterocycles. The molecule has 0 unspecified atom stereocenters. The summed E-state index contributed by atoms with van der Waals surface area (Å²) < 4.78 is 5.74. The Morgan fingerprint density at radius 2 is 1.85 bits per heavy atom. The zero-order valence-corrected chi connectivity index (χ0v) is 20.6. The normalized spacial score (nSPS) is 21.4. The van der Waals surface area contributed by atoms with Crippen LogP contribution >= 0.6 is 11.6 Å². The topological polar surface area (TPSA) is 79.4 Å². The zero-order valence-electron chi connectivity index (χ0n) is 19.9. The van der Waals surface area contributed by atoms with Crippen molar-refractivity contribution in [3.8, 4) is 5.75 Å². The van der Waals surface area contributed by atoms with Gasteiger partial charge in [0.15, 0.2) is 0 Å². The molecule has 1 aliphatic heterocycles. The third kappa shape index (κ3) is 4.99. The van der Waals surface area contributed by atoms with Crippen LogP contribution in [0.1, 0.15) is 55.3 Å². The summed E-state index contributed by atoms with van der Waals surface area (Å²) in [5.74, 6) is 2.47. The number of nitrogens with one attached hydrogen (secondary N) is 2. The SMILES string of the molecule is CN(C)c1nc(NC2CCC(NC(=O)C3=Cc4cc(Cl)ccc4OC3)CC2)nc2c1CCCC2. The fourth-order valence-corrected chi connectivity index (χ4v) is 5.31. The van der Waals surface area contributed by atoms with E-state index in [4.69, 9.17) is 26.3 Å². The zero-order chi connectivity index (χ0) is 23.7. The lowest BCUT2D eigenvalue weighted by atomic mass is 9.91. The summed E-state index contributed by atoms with van der Waals surface area (Å²) in [6.45, 7) is 0.279. The minimum atomic E-state index is -0.0596. The molecule has 0 atom stereocenters. The van der Waals surface area contributed by atoms with Crippen LogP contribution in [0, 0.1) is 0 Å². The molecule has 5 rings (SSSR count). The minimum Gasteiger partial charge on any atom is -0.488 e. The Hall–Kier alpha value is -2.80. The largest absolute Gasteiger partial charge is 0.488 e. The average Bonchev–Trinajstić information content (AvgIpc) is 2.84. The number of halogens is 1. The van der Waals surface area contributed by atoms with Gasteiger partial charge < -0.3 is 20.3 Å². The molecule has 180 valence electrons. The minimum absolute atomic E-state index is 0.0596. The van der Waals surface area contributed by atoms with Crippen molar-refractivity contribution in [2.24, 2.45) is 0 Å². The molecule has 7 nitrogen and oxygen atoms in total. The van der Waals surface area contributed by atoms with E-state index in [1.54, 1.807) is 6.07 Å². The quantitative estimate of drug-likeness (QED) is 0.659. The van der Waals surface area contributed by atoms with Gasteiger partial charge in [-0.25, -0.2) is 4.98 Å². The predicted molar refractivity (Wildman–Crippen MR) is 136 cm³/mol. The van der Waals surface area contributed by atoms with Crippen LogP contribution in [0.4, 0.5) is 11.8 Å². The van der Waals surface area contributed by atoms with E-state index >= 15 is 0 Å². The van der Waals surface area contributed by atoms with Crippen LogP contribution in [-0.2, 0) is 17.6 Å². The van der Waals surface area contributed by atoms with Crippen molar-refractivity contribution >= 4 is 35.4 Å². The molecule has 0 bridgehead atoms. The second-order valence-corrected chi connectivity index (χ2v) is 10.1. The highest BCUT2D eigenvalue weighted by Crippen LogP contribution is 2.31. The number of nitrogens with zero attached hydrogens (tertiary/aromatic N) is 3. The number of aromatic nitrogens is 2. The van der Waals surface area contributed by atoms with E-state index in [1.165, 1.54) is 24.1 Å². The molecule has 1 fully saturated rings. The number of carbonyl (C=O) groups excluding carboxylic acids is 1. The van der Waals surface area contributed by atoms with E-state index in [0.717, 1.165) is 61.6 Å². The molecule has 0 spiro atoms. The number of hydrogen-bond acceptors (Lipinski definition) is 6. The summed E-state index contributed by atoms with van der Waals surface area (Å²) in [4.78, 5) is 24.6. The Bertz CT molecular complexity index is 1110. The van der Waals surface area contributed by atoms with Gasteiger partial charge in [-0.05, 0) is 75.6 Å². The van der Waals surface area contributed by atoms with Crippen molar-refractivity contribution < 1.29 is 9.53 Å². The fraction of sp³-hybridized carbons (Fsp3) is 0.500. The smallest absolute Gasteiger partial charge is 0.250 e. The van der Waals surface area contributed by atoms with Crippen molar-refractivity contribution in [3.63, 3.8) is 0 Å². The van der Waals surface area contributed by atoms with Gasteiger partial charge in [0, 0.05) is 42.3 Å². The number of benzene rings is 1. The number of fused-ring (bicyclic) bond motifs is 2. The number of amides is 1. The Labute approximate surface area is 205 Å². The van der Waals surface area contributed by atoms with E-state index in [-0.39, 0.29) is 18.6 Å². The van der Waals surface area contributed by atoms with Crippen LogP contribution in [0.2, 0.25) is 5.02 Å². The summed E-state index contributed by atoms with van der Waals surface area (Å²) in [6.07, 6.45) is 10.2. The third-order valence-corrected chi connectivity index (χ3v) is 7.19. The maximum Gasteiger partial charge on any atom is 0.250 e. The number of hydrogen-bond donors (Lipinski definition) is 2. The maximum atomic E-state index is 12.8. The molecular weight excluding hydrogens is 450 g/mol. The standard InChI is InChI=1S/C26H32ClN5O2/c1-32(2)24-21-5-3-4-6-22(21)30-26(31-24)29-20-10-8-19(9-11-20)28-25(33)17-13-16-14-18(27)7-12-23(16)34-15-17/h7,12-14,19-20H,3-6,8-11,15H2,1-2H3,(H,28,33)(H,29,30,31). The number of aryl methyl sites for hydroxylation is 1. The van der Waals surface area contributed by atoms with Gasteiger partial charge in [-0.2, -0.15) is 4.98 Å². The highest BCUT2D eigenvalue weighted by atomic mass is 35.5. The van der Waals surface area contributed by atoms with Crippen molar-refractivity contribution in [2.75, 3.05) is 30.9 Å². The van der Waals surface area contributed by atoms with E-state index in [1.807, 2.05) is 18.2 Å². The molecular formula is C26H32ClN5O2. The maximum absolute atomic E-state index is 12.8. The average molecular weight is 482 g/mol. The van der Waals surface area contributed by atoms with E-state index in [0.29, 0.717) is 16.6 Å². The first kappa shape index (κ1) is 23.0. The van der Waals surface area contributed by atoms with E-state index in [2.05, 4.69) is 29.6 Å². The van der Waals surface area contributed by atoms with Gasteiger partial charge in [0.2, 0.25) is 5.95 Å². The number of carbonyl (C=O) groups is 1. The van der Waals surface area contributed by atoms with Gasteiger partial charge >= 0.3 is 0 Å². The predicted octanol–water partition coefficient (Wildman–Crippen LogP) is 4.39. The van der Waals surface area contributed by atoms with Gasteiger partial charge in [-0.1, -0.05) is 11.6 Å². The first-order valence-corrected chi connectivity index (χ1v) is 12.6. The lowest BCUT2D eigenvalue weighted by Gasteiger charge is -2.31. The Morgan fingerprint density at radius 1 is 1.09 bits per heavy atom. The summed E-state index contributed by atoms with van der Waals surface area (Å²) in [6, 6.07) is 5.93. The molecule has 8 heteroatoms. The van der Waals surface area contributed by atoms with Gasteiger partial charge in [0.05, 0.1) is 11.3 Å².